The van der Waals surface area contributed by atoms with Crippen molar-refractivity contribution < 1.29 is 10.6 Å². The van der Waals surface area contributed by atoms with Crippen LogP contribution < -0.4 is 5.32 Å². The maximum atomic E-state index is 10.1. The molecule has 2 aromatic carbocycles. The zero-order valence-corrected chi connectivity index (χ0v) is 19.2. The molecule has 4 rings (SSSR count). The van der Waals surface area contributed by atoms with Gasteiger partial charge in [-0.25, -0.2) is 4.98 Å². The van der Waals surface area contributed by atoms with Crippen LogP contribution >= 0.6 is 0 Å². The van der Waals surface area contributed by atoms with Crippen molar-refractivity contribution in [2.45, 2.75) is 34.1 Å². The molecule has 4 aromatic rings. The highest BCUT2D eigenvalue weighted by atomic mass is 16.3. The summed E-state index contributed by atoms with van der Waals surface area (Å²) in [5.74, 6) is 1.25. The maximum absolute atomic E-state index is 10.1. The zero-order chi connectivity index (χ0) is 21.4. The summed E-state index contributed by atoms with van der Waals surface area (Å²) >= 11 is 0. The highest BCUT2D eigenvalue weighted by molar-refractivity contribution is 6.18. The molecule has 6 nitrogen and oxygen atoms in total. The van der Waals surface area contributed by atoms with E-state index in [1.807, 2.05) is 18.3 Å². The van der Waals surface area contributed by atoms with Gasteiger partial charge < -0.3 is 25.4 Å². The van der Waals surface area contributed by atoms with Crippen molar-refractivity contribution in [1.82, 2.24) is 14.5 Å². The molecule has 2 heterocycles. The third-order valence-corrected chi connectivity index (χ3v) is 6.48. The van der Waals surface area contributed by atoms with Crippen LogP contribution in [0, 0.1) is 13.8 Å². The first-order valence-electron chi connectivity index (χ1n) is 10.9. The number of aromatic hydroxyl groups is 1. The molecule has 31 heavy (non-hydrogen) atoms. The molecule has 0 aliphatic rings. The Kier molecular flexibility index (Phi) is 6.72. The average molecular weight is 423 g/mol. The predicted octanol–water partition coefficient (Wildman–Crippen LogP) is 4.52. The Labute approximate surface area is 183 Å². The second-order valence-electron chi connectivity index (χ2n) is 8.12. The van der Waals surface area contributed by atoms with Gasteiger partial charge in [-0.2, -0.15) is 0 Å². The molecule has 6 heteroatoms. The van der Waals surface area contributed by atoms with Crippen molar-refractivity contribution in [2.75, 3.05) is 31.5 Å². The molecule has 0 amide bonds. The number of pyridine rings is 1. The summed E-state index contributed by atoms with van der Waals surface area (Å²) in [6, 6.07) is 7.76. The summed E-state index contributed by atoms with van der Waals surface area (Å²) in [5.41, 5.74) is 4.81. The van der Waals surface area contributed by atoms with Crippen molar-refractivity contribution in [3.63, 3.8) is 0 Å². The van der Waals surface area contributed by atoms with Crippen molar-refractivity contribution in [3.8, 4) is 5.75 Å². The fourth-order valence-electron chi connectivity index (χ4n) is 4.84. The number of nitrogens with zero attached hydrogens (tertiary/aromatic N) is 3. The van der Waals surface area contributed by atoms with E-state index < -0.39 is 0 Å². The Morgan fingerprint density at radius 2 is 1.77 bits per heavy atom. The number of phenols is 1. The molecule has 166 valence electrons. The average Bonchev–Trinajstić information content (AvgIpc) is 3.04. The van der Waals surface area contributed by atoms with E-state index in [0.29, 0.717) is 5.75 Å². The van der Waals surface area contributed by atoms with Crippen LogP contribution in [0.15, 0.2) is 30.5 Å². The largest absolute Gasteiger partial charge is 0.508 e. The second-order valence-corrected chi connectivity index (χ2v) is 8.12. The topological polar surface area (TPSA) is 84.8 Å². The summed E-state index contributed by atoms with van der Waals surface area (Å²) in [6.07, 6.45) is 2.99. The van der Waals surface area contributed by atoms with E-state index >= 15 is 0 Å². The van der Waals surface area contributed by atoms with Gasteiger partial charge in [0.25, 0.3) is 0 Å². The molecule has 0 saturated heterocycles. The lowest BCUT2D eigenvalue weighted by atomic mass is 9.96. The number of benzene rings is 2. The molecular formula is C25H34N4O2. The number of fused-ring (bicyclic) bond motifs is 4. The van der Waals surface area contributed by atoms with E-state index in [2.05, 4.69) is 55.6 Å². The van der Waals surface area contributed by atoms with Gasteiger partial charge in [-0.1, -0.05) is 13.8 Å². The first-order chi connectivity index (χ1) is 14.5. The molecule has 0 bridgehead atoms. The molecular weight excluding hydrogens is 388 g/mol. The molecule has 0 aliphatic carbocycles. The van der Waals surface area contributed by atoms with Gasteiger partial charge in [-0.05, 0) is 80.7 Å². The Hall–Kier alpha value is -2.83. The summed E-state index contributed by atoms with van der Waals surface area (Å²) in [6.45, 7) is 13.0. The first-order valence-corrected chi connectivity index (χ1v) is 10.9. The summed E-state index contributed by atoms with van der Waals surface area (Å²) in [4.78, 5) is 7.14. The maximum Gasteiger partial charge on any atom is 0.134 e. The van der Waals surface area contributed by atoms with Crippen LogP contribution in [-0.4, -0.2) is 51.2 Å². The van der Waals surface area contributed by atoms with Crippen molar-refractivity contribution in [3.05, 3.63) is 41.6 Å². The second kappa shape index (κ2) is 9.12. The number of aromatic nitrogens is 2. The molecule has 2 aromatic heterocycles. The normalized spacial score (nSPS) is 11.5. The van der Waals surface area contributed by atoms with E-state index in [4.69, 9.17) is 4.98 Å². The fourth-order valence-corrected chi connectivity index (χ4v) is 4.84. The van der Waals surface area contributed by atoms with Crippen LogP contribution in [0.1, 0.15) is 31.4 Å². The van der Waals surface area contributed by atoms with Gasteiger partial charge in [0.05, 0.1) is 5.52 Å². The third-order valence-electron chi connectivity index (χ3n) is 6.48. The number of hydrogen-bond acceptors (Lipinski definition) is 4. The number of anilines is 1. The van der Waals surface area contributed by atoms with Crippen LogP contribution in [0.2, 0.25) is 0 Å². The van der Waals surface area contributed by atoms with Crippen molar-refractivity contribution in [2.24, 2.45) is 7.05 Å². The van der Waals surface area contributed by atoms with Crippen LogP contribution in [0.3, 0.4) is 0 Å². The molecule has 0 spiro atoms. The fraction of sp³-hybridized carbons (Fsp3) is 0.400. The number of nitrogens with one attached hydrogen (secondary N) is 1. The Morgan fingerprint density at radius 3 is 2.48 bits per heavy atom. The van der Waals surface area contributed by atoms with Crippen LogP contribution in [0.25, 0.3) is 32.6 Å². The highest BCUT2D eigenvalue weighted by Gasteiger charge is 2.19. The monoisotopic (exact) mass is 422 g/mol. The van der Waals surface area contributed by atoms with Gasteiger partial charge in [0, 0.05) is 41.5 Å². The van der Waals surface area contributed by atoms with E-state index in [1.165, 1.54) is 32.8 Å². The summed E-state index contributed by atoms with van der Waals surface area (Å²) in [5, 5.41) is 18.4. The Bertz CT molecular complexity index is 1230. The summed E-state index contributed by atoms with van der Waals surface area (Å²) < 4.78 is 2.24. The molecule has 0 saturated carbocycles. The van der Waals surface area contributed by atoms with Gasteiger partial charge in [0.2, 0.25) is 0 Å². The Morgan fingerprint density at radius 1 is 1.03 bits per heavy atom. The highest BCUT2D eigenvalue weighted by Crippen LogP contribution is 2.40. The predicted molar refractivity (Wildman–Crippen MR) is 131 cm³/mol. The standard InChI is InChI=1S/C25H32N4O.H2O/c1-6-29(7-2)14-8-12-26-25-23-17(4)22-20-15-18(30)9-10-21(20)28(5)24(22)16(3)19(23)11-13-27-25;/h9-11,13,15,30H,6-8,12,14H2,1-5H3,(H,26,27);1H2. The molecule has 0 atom stereocenters. The number of hydrogen-bond donors (Lipinski definition) is 2. The van der Waals surface area contributed by atoms with Crippen LogP contribution in [-0.2, 0) is 7.05 Å². The zero-order valence-electron chi connectivity index (χ0n) is 19.2. The molecule has 0 radical (unpaired) electrons. The minimum atomic E-state index is 0. The van der Waals surface area contributed by atoms with Crippen molar-refractivity contribution in [1.29, 1.82) is 0 Å². The van der Waals surface area contributed by atoms with Gasteiger partial charge in [0.15, 0.2) is 0 Å². The number of rotatable bonds is 7. The lowest BCUT2D eigenvalue weighted by Crippen LogP contribution is -2.25. The number of phenolic OH excluding ortho intramolecular Hbond substituents is 1. The SMILES string of the molecule is CCN(CC)CCCNc1nccc2c(C)c3c(c(C)c12)c1cc(O)ccc1n3C.O. The third kappa shape index (κ3) is 3.82. The van der Waals surface area contributed by atoms with Crippen molar-refractivity contribution >= 4 is 38.4 Å². The molecule has 0 aliphatic heterocycles. The van der Waals surface area contributed by atoms with Gasteiger partial charge >= 0.3 is 0 Å². The van der Waals surface area contributed by atoms with Crippen LogP contribution in [0.5, 0.6) is 5.75 Å². The first kappa shape index (κ1) is 22.8. The Balaban J connectivity index is 0.00000272. The number of aryl methyl sites for hydroxylation is 3. The van der Waals surface area contributed by atoms with Gasteiger partial charge in [-0.15, -0.1) is 0 Å². The minimum absolute atomic E-state index is 0. The molecule has 0 unspecified atom stereocenters. The van der Waals surface area contributed by atoms with Gasteiger partial charge in [0.1, 0.15) is 11.6 Å². The summed E-state index contributed by atoms with van der Waals surface area (Å²) in [7, 11) is 2.10. The molecule has 0 fully saturated rings. The van der Waals surface area contributed by atoms with Gasteiger partial charge in [-0.3, -0.25) is 0 Å². The van der Waals surface area contributed by atoms with E-state index in [0.717, 1.165) is 49.3 Å². The minimum Gasteiger partial charge on any atom is -0.508 e. The lowest BCUT2D eigenvalue weighted by Gasteiger charge is -2.18. The van der Waals surface area contributed by atoms with E-state index in [-0.39, 0.29) is 5.48 Å². The van der Waals surface area contributed by atoms with Crippen LogP contribution in [0.4, 0.5) is 5.82 Å². The smallest absolute Gasteiger partial charge is 0.134 e. The van der Waals surface area contributed by atoms with E-state index in [9.17, 15) is 5.11 Å². The lowest BCUT2D eigenvalue weighted by molar-refractivity contribution is 0.303. The quantitative estimate of drug-likeness (QED) is 0.429. The van der Waals surface area contributed by atoms with E-state index in [1.54, 1.807) is 6.07 Å². The molecule has 4 N–H and O–H groups in total.